The highest BCUT2D eigenvalue weighted by Gasteiger charge is 2.22. The largest absolute Gasteiger partial charge is 0.300 e. The number of halogens is 1. The molecule has 0 aromatic heterocycles. The fourth-order valence-electron chi connectivity index (χ4n) is 2.26. The van der Waals surface area contributed by atoms with Crippen molar-refractivity contribution in [3.05, 3.63) is 35.1 Å². The zero-order chi connectivity index (χ0) is 10.8. The van der Waals surface area contributed by atoms with Crippen molar-refractivity contribution in [2.45, 2.75) is 32.6 Å². The van der Waals surface area contributed by atoms with Crippen molar-refractivity contribution in [1.82, 2.24) is 0 Å². The SMILES string of the molecule is Cc1cc(F)ccc1CC1CCC(=O)C1. The lowest BCUT2D eigenvalue weighted by atomic mass is 9.95. The lowest BCUT2D eigenvalue weighted by Gasteiger charge is -2.10. The molecular weight excluding hydrogens is 191 g/mol. The maximum absolute atomic E-state index is 12.9. The Labute approximate surface area is 89.3 Å². The second-order valence-electron chi connectivity index (χ2n) is 4.42. The maximum Gasteiger partial charge on any atom is 0.133 e. The molecule has 1 saturated carbocycles. The van der Waals surface area contributed by atoms with Gasteiger partial charge < -0.3 is 0 Å². The predicted octanol–water partition coefficient (Wildman–Crippen LogP) is 3.05. The molecule has 0 radical (unpaired) electrons. The molecule has 80 valence electrons. The fraction of sp³-hybridized carbons (Fsp3) is 0.462. The normalized spacial score (nSPS) is 20.9. The number of carbonyl (C=O) groups excluding carboxylic acids is 1. The highest BCUT2D eigenvalue weighted by Crippen LogP contribution is 2.26. The molecule has 0 N–H and O–H groups in total. The summed E-state index contributed by atoms with van der Waals surface area (Å²) >= 11 is 0. The summed E-state index contributed by atoms with van der Waals surface area (Å²) in [7, 11) is 0. The van der Waals surface area contributed by atoms with Gasteiger partial charge in [-0.2, -0.15) is 0 Å². The van der Waals surface area contributed by atoms with Gasteiger partial charge in [-0.15, -0.1) is 0 Å². The summed E-state index contributed by atoms with van der Waals surface area (Å²) in [6.07, 6.45) is 3.34. The Bertz CT molecular complexity index is 384. The lowest BCUT2D eigenvalue weighted by molar-refractivity contribution is -0.117. The van der Waals surface area contributed by atoms with E-state index in [2.05, 4.69) is 0 Å². The minimum Gasteiger partial charge on any atom is -0.300 e. The quantitative estimate of drug-likeness (QED) is 0.726. The molecule has 0 amide bonds. The Kier molecular flexibility index (Phi) is 2.85. The van der Waals surface area contributed by atoms with Gasteiger partial charge in [-0.25, -0.2) is 4.39 Å². The van der Waals surface area contributed by atoms with Crippen molar-refractivity contribution in [1.29, 1.82) is 0 Å². The van der Waals surface area contributed by atoms with Gasteiger partial charge in [0.1, 0.15) is 11.6 Å². The number of hydrogen-bond acceptors (Lipinski definition) is 1. The monoisotopic (exact) mass is 206 g/mol. The van der Waals surface area contributed by atoms with Crippen LogP contribution in [0.4, 0.5) is 4.39 Å². The molecule has 1 nitrogen and oxygen atoms in total. The van der Waals surface area contributed by atoms with E-state index in [1.165, 1.54) is 11.6 Å². The van der Waals surface area contributed by atoms with Gasteiger partial charge in [-0.05, 0) is 48.9 Å². The van der Waals surface area contributed by atoms with Crippen LogP contribution in [-0.4, -0.2) is 5.78 Å². The molecule has 0 heterocycles. The summed E-state index contributed by atoms with van der Waals surface area (Å²) in [5.41, 5.74) is 2.17. The van der Waals surface area contributed by atoms with Crippen molar-refractivity contribution in [2.75, 3.05) is 0 Å². The van der Waals surface area contributed by atoms with Crippen LogP contribution in [0.5, 0.6) is 0 Å². The number of aryl methyl sites for hydroxylation is 1. The van der Waals surface area contributed by atoms with Crippen molar-refractivity contribution in [2.24, 2.45) is 5.92 Å². The Morgan fingerprint density at radius 1 is 1.47 bits per heavy atom. The van der Waals surface area contributed by atoms with Crippen molar-refractivity contribution < 1.29 is 9.18 Å². The van der Waals surface area contributed by atoms with Crippen LogP contribution in [0.15, 0.2) is 18.2 Å². The first kappa shape index (κ1) is 10.3. The molecule has 1 aliphatic rings. The molecule has 0 spiro atoms. The molecule has 1 aliphatic carbocycles. The van der Waals surface area contributed by atoms with Crippen molar-refractivity contribution in [3.63, 3.8) is 0 Å². The van der Waals surface area contributed by atoms with E-state index in [0.717, 1.165) is 24.8 Å². The minimum atomic E-state index is -0.182. The fourth-order valence-corrected chi connectivity index (χ4v) is 2.26. The molecule has 0 saturated heterocycles. The second kappa shape index (κ2) is 4.13. The average molecular weight is 206 g/mol. The molecule has 15 heavy (non-hydrogen) atoms. The summed E-state index contributed by atoms with van der Waals surface area (Å²) in [4.78, 5) is 11.1. The number of ketones is 1. The van der Waals surface area contributed by atoms with Gasteiger partial charge in [0, 0.05) is 12.8 Å². The summed E-state index contributed by atoms with van der Waals surface area (Å²) in [5, 5.41) is 0. The second-order valence-corrected chi connectivity index (χ2v) is 4.42. The molecule has 1 aromatic rings. The van der Waals surface area contributed by atoms with E-state index < -0.39 is 0 Å². The van der Waals surface area contributed by atoms with Gasteiger partial charge in [0.15, 0.2) is 0 Å². The Hall–Kier alpha value is -1.18. The molecule has 1 atom stereocenters. The zero-order valence-corrected chi connectivity index (χ0v) is 8.92. The van der Waals surface area contributed by atoms with Crippen LogP contribution < -0.4 is 0 Å². The Balaban J connectivity index is 2.07. The van der Waals surface area contributed by atoms with Gasteiger partial charge in [0.2, 0.25) is 0 Å². The van der Waals surface area contributed by atoms with Crippen molar-refractivity contribution in [3.8, 4) is 0 Å². The van der Waals surface area contributed by atoms with Crippen LogP contribution in [0.2, 0.25) is 0 Å². The average Bonchev–Trinajstić information content (AvgIpc) is 2.56. The van der Waals surface area contributed by atoms with E-state index >= 15 is 0 Å². The smallest absolute Gasteiger partial charge is 0.133 e. The summed E-state index contributed by atoms with van der Waals surface area (Å²) in [5.74, 6) is 0.667. The molecule has 1 aromatic carbocycles. The standard InChI is InChI=1S/C13H15FO/c1-9-6-12(14)4-3-11(9)7-10-2-5-13(15)8-10/h3-4,6,10H,2,5,7-8H2,1H3. The summed E-state index contributed by atoms with van der Waals surface area (Å²) in [6.45, 7) is 1.93. The number of rotatable bonds is 2. The van der Waals surface area contributed by atoms with Crippen LogP contribution in [0.1, 0.15) is 30.4 Å². The van der Waals surface area contributed by atoms with Crippen molar-refractivity contribution >= 4 is 5.78 Å². The van der Waals surface area contributed by atoms with E-state index in [1.54, 1.807) is 6.07 Å². The van der Waals surface area contributed by atoms with Gasteiger partial charge in [0.05, 0.1) is 0 Å². The first-order valence-electron chi connectivity index (χ1n) is 5.42. The molecule has 1 fully saturated rings. The third kappa shape index (κ3) is 2.44. The van der Waals surface area contributed by atoms with Gasteiger partial charge in [-0.3, -0.25) is 4.79 Å². The Morgan fingerprint density at radius 2 is 2.27 bits per heavy atom. The first-order chi connectivity index (χ1) is 7.15. The van der Waals surface area contributed by atoms with Crippen LogP contribution in [0.3, 0.4) is 0 Å². The number of Topliss-reactive ketones (excluding diaryl/α,β-unsaturated/α-hetero) is 1. The topological polar surface area (TPSA) is 17.1 Å². The van der Waals surface area contributed by atoms with Gasteiger partial charge >= 0.3 is 0 Å². The van der Waals surface area contributed by atoms with Gasteiger partial charge in [0.25, 0.3) is 0 Å². The maximum atomic E-state index is 12.9. The highest BCUT2D eigenvalue weighted by atomic mass is 19.1. The van der Waals surface area contributed by atoms with E-state index in [9.17, 15) is 9.18 Å². The number of benzene rings is 1. The van der Waals surface area contributed by atoms with Crippen LogP contribution in [0.25, 0.3) is 0 Å². The summed E-state index contributed by atoms with van der Waals surface area (Å²) < 4.78 is 12.9. The molecule has 0 aliphatic heterocycles. The molecule has 0 bridgehead atoms. The number of hydrogen-bond donors (Lipinski definition) is 0. The van der Waals surface area contributed by atoms with E-state index in [-0.39, 0.29) is 5.82 Å². The minimum absolute atomic E-state index is 0.182. The van der Waals surface area contributed by atoms with Crippen LogP contribution >= 0.6 is 0 Å². The molecule has 2 rings (SSSR count). The highest BCUT2D eigenvalue weighted by molar-refractivity contribution is 5.80. The predicted molar refractivity (Wildman–Crippen MR) is 57.2 cm³/mol. The lowest BCUT2D eigenvalue weighted by Crippen LogP contribution is -2.02. The number of carbonyl (C=O) groups is 1. The van der Waals surface area contributed by atoms with Gasteiger partial charge in [-0.1, -0.05) is 6.07 Å². The molecule has 2 heteroatoms. The first-order valence-corrected chi connectivity index (χ1v) is 5.42. The van der Waals surface area contributed by atoms with E-state index in [0.29, 0.717) is 18.1 Å². The Morgan fingerprint density at radius 3 is 2.87 bits per heavy atom. The van der Waals surface area contributed by atoms with Crippen LogP contribution in [-0.2, 0) is 11.2 Å². The zero-order valence-electron chi connectivity index (χ0n) is 8.92. The molecule has 1 unspecified atom stereocenters. The van der Waals surface area contributed by atoms with Crippen LogP contribution in [0, 0.1) is 18.7 Å². The molecular formula is C13H15FO. The third-order valence-corrected chi connectivity index (χ3v) is 3.16. The van der Waals surface area contributed by atoms with E-state index in [4.69, 9.17) is 0 Å². The third-order valence-electron chi connectivity index (χ3n) is 3.16. The van der Waals surface area contributed by atoms with E-state index in [1.807, 2.05) is 13.0 Å². The summed E-state index contributed by atoms with van der Waals surface area (Å²) in [6, 6.07) is 4.90.